The van der Waals surface area contributed by atoms with Gasteiger partial charge in [-0.3, -0.25) is 4.79 Å². The van der Waals surface area contributed by atoms with Crippen molar-refractivity contribution in [2.24, 2.45) is 0 Å². The Labute approximate surface area is 129 Å². The second-order valence-corrected chi connectivity index (χ2v) is 4.95. The summed E-state index contributed by atoms with van der Waals surface area (Å²) in [7, 11) is 0. The van der Waals surface area contributed by atoms with Gasteiger partial charge in [-0.05, 0) is 19.1 Å². The van der Waals surface area contributed by atoms with Gasteiger partial charge in [-0.25, -0.2) is 9.67 Å². The molecule has 1 atom stereocenters. The summed E-state index contributed by atoms with van der Waals surface area (Å²) in [5.74, 6) is 0.149. The van der Waals surface area contributed by atoms with E-state index in [4.69, 9.17) is 0 Å². The van der Waals surface area contributed by atoms with Crippen LogP contribution in [0.5, 0.6) is 0 Å². The Bertz CT molecular complexity index is 600. The summed E-state index contributed by atoms with van der Waals surface area (Å²) in [5, 5.41) is 7.58. The highest BCUT2D eigenvalue weighted by Crippen LogP contribution is 2.07. The Morgan fingerprint density at radius 1 is 1.33 bits per heavy atom. The third-order valence-corrected chi connectivity index (χ3v) is 3.36. The highest BCUT2D eigenvalue weighted by atomic mass is 35.5. The van der Waals surface area contributed by atoms with E-state index in [0.717, 1.165) is 12.2 Å². The number of carbonyl (C=O) groups is 1. The van der Waals surface area contributed by atoms with Gasteiger partial charge < -0.3 is 10.2 Å². The SMILES string of the molecule is C[C@@H]1CN(C(=O)c2ncn(-c3ccccc3)n2)CCN1.Cl. The van der Waals surface area contributed by atoms with Crippen molar-refractivity contribution in [1.82, 2.24) is 25.0 Å². The maximum Gasteiger partial charge on any atom is 0.293 e. The predicted molar refractivity (Wildman–Crippen MR) is 82.0 cm³/mol. The fourth-order valence-electron chi connectivity index (χ4n) is 2.32. The van der Waals surface area contributed by atoms with Gasteiger partial charge in [0.2, 0.25) is 5.82 Å². The van der Waals surface area contributed by atoms with Crippen LogP contribution in [0.25, 0.3) is 5.69 Å². The van der Waals surface area contributed by atoms with Crippen molar-refractivity contribution in [3.8, 4) is 5.69 Å². The lowest BCUT2D eigenvalue weighted by Crippen LogP contribution is -2.51. The number of amides is 1. The fourth-order valence-corrected chi connectivity index (χ4v) is 2.32. The van der Waals surface area contributed by atoms with E-state index in [9.17, 15) is 4.79 Å². The number of piperazine rings is 1. The molecule has 112 valence electrons. The van der Waals surface area contributed by atoms with Crippen molar-refractivity contribution >= 4 is 18.3 Å². The molecule has 0 aliphatic carbocycles. The first-order valence-electron chi connectivity index (χ1n) is 6.74. The van der Waals surface area contributed by atoms with Crippen LogP contribution in [-0.4, -0.2) is 51.2 Å². The molecule has 1 aromatic carbocycles. The number of rotatable bonds is 2. The monoisotopic (exact) mass is 307 g/mol. The Morgan fingerprint density at radius 2 is 2.10 bits per heavy atom. The molecule has 1 amide bonds. The molecule has 0 radical (unpaired) electrons. The molecule has 1 fully saturated rings. The molecule has 1 saturated heterocycles. The zero-order valence-electron chi connectivity index (χ0n) is 11.8. The average molecular weight is 308 g/mol. The zero-order chi connectivity index (χ0) is 13.9. The van der Waals surface area contributed by atoms with E-state index in [-0.39, 0.29) is 24.1 Å². The van der Waals surface area contributed by atoms with Crippen LogP contribution in [0.3, 0.4) is 0 Å². The largest absolute Gasteiger partial charge is 0.333 e. The van der Waals surface area contributed by atoms with E-state index in [2.05, 4.69) is 22.3 Å². The van der Waals surface area contributed by atoms with Gasteiger partial charge in [-0.15, -0.1) is 17.5 Å². The molecule has 1 aliphatic rings. The first-order valence-corrected chi connectivity index (χ1v) is 6.74. The number of hydrogen-bond acceptors (Lipinski definition) is 4. The maximum atomic E-state index is 12.3. The lowest BCUT2D eigenvalue weighted by Gasteiger charge is -2.30. The van der Waals surface area contributed by atoms with Crippen LogP contribution in [0.1, 0.15) is 17.5 Å². The number of hydrogen-bond donors (Lipinski definition) is 1. The Hall–Kier alpha value is -1.92. The summed E-state index contributed by atoms with van der Waals surface area (Å²) >= 11 is 0. The van der Waals surface area contributed by atoms with Crippen molar-refractivity contribution in [2.45, 2.75) is 13.0 Å². The standard InChI is InChI=1S/C14H17N5O.ClH/c1-11-9-18(8-7-15-11)14(20)13-16-10-19(17-13)12-5-3-2-4-6-12;/h2-6,10-11,15H,7-9H2,1H3;1H/t11-;/m1./s1. The van der Waals surface area contributed by atoms with E-state index in [0.29, 0.717) is 19.1 Å². The van der Waals surface area contributed by atoms with E-state index >= 15 is 0 Å². The van der Waals surface area contributed by atoms with Gasteiger partial charge in [0, 0.05) is 25.7 Å². The smallest absolute Gasteiger partial charge is 0.293 e. The molecule has 0 saturated carbocycles. The van der Waals surface area contributed by atoms with Gasteiger partial charge in [-0.1, -0.05) is 18.2 Å². The van der Waals surface area contributed by atoms with Crippen molar-refractivity contribution in [3.63, 3.8) is 0 Å². The molecule has 2 aromatic rings. The molecule has 0 bridgehead atoms. The molecular weight excluding hydrogens is 290 g/mol. The molecule has 0 unspecified atom stereocenters. The molecular formula is C14H18ClN5O. The molecule has 1 aliphatic heterocycles. The van der Waals surface area contributed by atoms with E-state index in [1.807, 2.05) is 30.3 Å². The minimum atomic E-state index is -0.104. The Morgan fingerprint density at radius 3 is 2.81 bits per heavy atom. The summed E-state index contributed by atoms with van der Waals surface area (Å²) in [4.78, 5) is 18.3. The van der Waals surface area contributed by atoms with Crippen LogP contribution in [0.15, 0.2) is 36.7 Å². The van der Waals surface area contributed by atoms with Gasteiger partial charge in [0.25, 0.3) is 5.91 Å². The lowest BCUT2D eigenvalue weighted by molar-refractivity contribution is 0.0697. The summed E-state index contributed by atoms with van der Waals surface area (Å²) in [5.41, 5.74) is 0.896. The van der Waals surface area contributed by atoms with Crippen LogP contribution in [-0.2, 0) is 0 Å². The maximum absolute atomic E-state index is 12.3. The van der Waals surface area contributed by atoms with Crippen LogP contribution >= 0.6 is 12.4 Å². The quantitative estimate of drug-likeness (QED) is 0.903. The second-order valence-electron chi connectivity index (χ2n) is 4.95. The predicted octanol–water partition coefficient (Wildman–Crippen LogP) is 1.12. The van der Waals surface area contributed by atoms with Crippen molar-refractivity contribution in [2.75, 3.05) is 19.6 Å². The van der Waals surface area contributed by atoms with E-state index in [1.165, 1.54) is 0 Å². The summed E-state index contributed by atoms with van der Waals surface area (Å²) < 4.78 is 1.62. The number of aromatic nitrogens is 3. The van der Waals surface area contributed by atoms with Gasteiger partial charge in [0.05, 0.1) is 5.69 Å². The van der Waals surface area contributed by atoms with E-state index < -0.39 is 0 Å². The molecule has 21 heavy (non-hydrogen) atoms. The van der Waals surface area contributed by atoms with Gasteiger partial charge in [0.1, 0.15) is 6.33 Å². The minimum Gasteiger partial charge on any atom is -0.333 e. The van der Waals surface area contributed by atoms with Crippen LogP contribution in [0, 0.1) is 0 Å². The zero-order valence-corrected chi connectivity index (χ0v) is 12.6. The van der Waals surface area contributed by atoms with Gasteiger partial charge >= 0.3 is 0 Å². The van der Waals surface area contributed by atoms with Crippen molar-refractivity contribution in [3.05, 3.63) is 42.5 Å². The molecule has 1 N–H and O–H groups in total. The number of nitrogens with zero attached hydrogens (tertiary/aromatic N) is 4. The Kier molecular flexibility index (Phi) is 4.93. The molecule has 0 spiro atoms. The van der Waals surface area contributed by atoms with Crippen LogP contribution in [0.4, 0.5) is 0 Å². The third kappa shape index (κ3) is 3.40. The molecule has 3 rings (SSSR count). The first kappa shape index (κ1) is 15.5. The lowest BCUT2D eigenvalue weighted by atomic mass is 10.2. The van der Waals surface area contributed by atoms with Crippen molar-refractivity contribution in [1.29, 1.82) is 0 Å². The average Bonchev–Trinajstić information content (AvgIpc) is 2.97. The highest BCUT2D eigenvalue weighted by Gasteiger charge is 2.24. The second kappa shape index (κ2) is 6.69. The number of halogens is 1. The molecule has 7 heteroatoms. The number of benzene rings is 1. The summed E-state index contributed by atoms with van der Waals surface area (Å²) in [6.07, 6.45) is 1.58. The first-order chi connectivity index (χ1) is 9.74. The summed E-state index contributed by atoms with van der Waals surface area (Å²) in [6.45, 7) is 4.27. The normalized spacial score (nSPS) is 18.1. The topological polar surface area (TPSA) is 63.1 Å². The number of carbonyl (C=O) groups excluding carboxylic acids is 1. The van der Waals surface area contributed by atoms with E-state index in [1.54, 1.807) is 15.9 Å². The van der Waals surface area contributed by atoms with Gasteiger partial charge in [0.15, 0.2) is 0 Å². The molecule has 6 nitrogen and oxygen atoms in total. The number of nitrogens with one attached hydrogen (secondary N) is 1. The van der Waals surface area contributed by atoms with Crippen LogP contribution in [0.2, 0.25) is 0 Å². The van der Waals surface area contributed by atoms with Gasteiger partial charge in [-0.2, -0.15) is 0 Å². The Balaban J connectivity index is 0.00000161. The van der Waals surface area contributed by atoms with Crippen LogP contribution < -0.4 is 5.32 Å². The number of para-hydroxylation sites is 1. The summed E-state index contributed by atoms with van der Waals surface area (Å²) in [6, 6.07) is 9.96. The fraction of sp³-hybridized carbons (Fsp3) is 0.357. The minimum absolute atomic E-state index is 0. The van der Waals surface area contributed by atoms with Crippen molar-refractivity contribution < 1.29 is 4.79 Å². The molecule has 1 aromatic heterocycles. The third-order valence-electron chi connectivity index (χ3n) is 3.36. The highest BCUT2D eigenvalue weighted by molar-refractivity contribution is 5.90. The molecule has 2 heterocycles.